The minimum absolute atomic E-state index is 0.372. The van der Waals surface area contributed by atoms with Crippen LogP contribution in [0.25, 0.3) is 0 Å². The molecule has 0 aliphatic carbocycles. The largest absolute Gasteiger partial charge is 0.508 e. The molecule has 0 spiro atoms. The van der Waals surface area contributed by atoms with Crippen molar-refractivity contribution < 1.29 is 5.11 Å². The third kappa shape index (κ3) is 5.56. The molecule has 134 valence electrons. The van der Waals surface area contributed by atoms with Gasteiger partial charge in [-0.25, -0.2) is 0 Å². The van der Waals surface area contributed by atoms with E-state index < -0.39 is 0 Å². The average molecular weight is 339 g/mol. The van der Waals surface area contributed by atoms with Gasteiger partial charge in [0.2, 0.25) is 0 Å². The minimum atomic E-state index is 0.372. The Morgan fingerprint density at radius 2 is 1.64 bits per heavy atom. The summed E-state index contributed by atoms with van der Waals surface area (Å²) < 4.78 is 0. The molecule has 0 aromatic heterocycles. The molecule has 1 saturated heterocycles. The van der Waals surface area contributed by atoms with Gasteiger partial charge in [0.05, 0.1) is 0 Å². The molecular weight excluding hydrogens is 310 g/mol. The number of aryl methyl sites for hydroxylation is 1. The highest BCUT2D eigenvalue weighted by Gasteiger charge is 2.16. The molecule has 0 saturated carbocycles. The molecular formula is C21H29N3O. The van der Waals surface area contributed by atoms with E-state index in [1.165, 1.54) is 11.1 Å². The van der Waals surface area contributed by atoms with Gasteiger partial charge in [0.25, 0.3) is 0 Å². The normalized spacial score (nSPS) is 16.2. The Labute approximate surface area is 151 Å². The molecule has 1 fully saturated rings. The van der Waals surface area contributed by atoms with Crippen LogP contribution < -0.4 is 5.32 Å². The molecule has 0 unspecified atom stereocenters. The van der Waals surface area contributed by atoms with Crippen molar-refractivity contribution in [2.75, 3.05) is 39.3 Å². The van der Waals surface area contributed by atoms with Crippen molar-refractivity contribution in [3.63, 3.8) is 0 Å². The Bertz CT molecular complexity index is 651. The second-order valence-corrected chi connectivity index (χ2v) is 6.90. The summed E-state index contributed by atoms with van der Waals surface area (Å²) in [7, 11) is 0. The van der Waals surface area contributed by atoms with Crippen molar-refractivity contribution in [3.8, 4) is 5.75 Å². The molecule has 1 aliphatic rings. The lowest BCUT2D eigenvalue weighted by Crippen LogP contribution is -2.47. The van der Waals surface area contributed by atoms with Crippen molar-refractivity contribution in [1.29, 1.82) is 0 Å². The molecule has 3 rings (SSSR count). The fourth-order valence-electron chi connectivity index (χ4n) is 3.31. The summed E-state index contributed by atoms with van der Waals surface area (Å²) in [6, 6.07) is 16.5. The molecule has 0 atom stereocenters. The lowest BCUT2D eigenvalue weighted by atomic mass is 10.1. The van der Waals surface area contributed by atoms with E-state index in [-0.39, 0.29) is 0 Å². The van der Waals surface area contributed by atoms with Crippen LogP contribution in [0.1, 0.15) is 16.7 Å². The van der Waals surface area contributed by atoms with Crippen LogP contribution in [0.4, 0.5) is 0 Å². The molecule has 0 amide bonds. The Kier molecular flexibility index (Phi) is 6.45. The molecule has 2 aromatic rings. The molecule has 1 heterocycles. The maximum Gasteiger partial charge on any atom is 0.118 e. The van der Waals surface area contributed by atoms with Gasteiger partial charge >= 0.3 is 0 Å². The fraction of sp³-hybridized carbons (Fsp3) is 0.429. The minimum Gasteiger partial charge on any atom is -0.508 e. The second kappa shape index (κ2) is 8.99. The number of hydrogen-bond donors (Lipinski definition) is 2. The summed E-state index contributed by atoms with van der Waals surface area (Å²) >= 11 is 0. The van der Waals surface area contributed by atoms with Crippen molar-refractivity contribution in [2.45, 2.75) is 20.0 Å². The fourth-order valence-corrected chi connectivity index (χ4v) is 3.31. The van der Waals surface area contributed by atoms with Gasteiger partial charge < -0.3 is 10.4 Å². The van der Waals surface area contributed by atoms with Gasteiger partial charge in [-0.05, 0) is 29.7 Å². The zero-order valence-corrected chi connectivity index (χ0v) is 15.1. The Hall–Kier alpha value is -1.88. The molecule has 0 bridgehead atoms. The zero-order valence-electron chi connectivity index (χ0n) is 15.1. The van der Waals surface area contributed by atoms with Crippen molar-refractivity contribution >= 4 is 0 Å². The molecule has 25 heavy (non-hydrogen) atoms. The quantitative estimate of drug-likeness (QED) is 0.761. The third-order valence-corrected chi connectivity index (χ3v) is 4.91. The topological polar surface area (TPSA) is 38.7 Å². The van der Waals surface area contributed by atoms with Crippen LogP contribution in [-0.2, 0) is 13.1 Å². The first kappa shape index (κ1) is 17.9. The second-order valence-electron chi connectivity index (χ2n) is 6.90. The van der Waals surface area contributed by atoms with Crippen molar-refractivity contribution in [3.05, 3.63) is 65.2 Å². The summed E-state index contributed by atoms with van der Waals surface area (Å²) in [6.45, 7) is 10.5. The summed E-state index contributed by atoms with van der Waals surface area (Å²) in [4.78, 5) is 5.08. The van der Waals surface area contributed by atoms with Crippen LogP contribution in [0, 0.1) is 6.92 Å². The number of hydrogen-bond acceptors (Lipinski definition) is 4. The van der Waals surface area contributed by atoms with E-state index in [4.69, 9.17) is 0 Å². The monoisotopic (exact) mass is 339 g/mol. The highest BCUT2D eigenvalue weighted by atomic mass is 16.3. The van der Waals surface area contributed by atoms with Crippen LogP contribution in [0.2, 0.25) is 0 Å². The molecule has 4 heteroatoms. The van der Waals surface area contributed by atoms with Crippen LogP contribution >= 0.6 is 0 Å². The van der Waals surface area contributed by atoms with Gasteiger partial charge in [-0.3, -0.25) is 9.80 Å². The molecule has 4 nitrogen and oxygen atoms in total. The first-order valence-corrected chi connectivity index (χ1v) is 9.18. The first-order chi connectivity index (χ1) is 12.2. The van der Waals surface area contributed by atoms with Gasteiger partial charge in [0.15, 0.2) is 0 Å². The van der Waals surface area contributed by atoms with Crippen molar-refractivity contribution in [2.24, 2.45) is 0 Å². The number of benzene rings is 2. The number of nitrogens with zero attached hydrogens (tertiary/aromatic N) is 2. The van der Waals surface area contributed by atoms with E-state index in [2.05, 4.69) is 45.4 Å². The van der Waals surface area contributed by atoms with Crippen molar-refractivity contribution in [1.82, 2.24) is 15.1 Å². The van der Waals surface area contributed by atoms with E-state index in [0.717, 1.165) is 57.9 Å². The Morgan fingerprint density at radius 1 is 0.920 bits per heavy atom. The van der Waals surface area contributed by atoms with Gasteiger partial charge in [-0.2, -0.15) is 0 Å². The number of phenolic OH excluding ortho intramolecular Hbond substituents is 1. The van der Waals surface area contributed by atoms with E-state index in [0.29, 0.717) is 5.75 Å². The first-order valence-electron chi connectivity index (χ1n) is 9.18. The SMILES string of the molecule is Cc1cc(CNCCN2CCN(Cc3ccccc3)CC2)ccc1O. The van der Waals surface area contributed by atoms with E-state index in [1.807, 2.05) is 19.1 Å². The maximum absolute atomic E-state index is 9.57. The Morgan fingerprint density at radius 3 is 2.36 bits per heavy atom. The molecule has 2 aromatic carbocycles. The standard InChI is InChI=1S/C21H29N3O/c1-18-15-20(7-8-21(18)25)16-22-9-10-23-11-13-24(14-12-23)17-19-5-3-2-4-6-19/h2-8,15,22,25H,9-14,16-17H2,1H3. The molecule has 1 aliphatic heterocycles. The van der Waals surface area contributed by atoms with Gasteiger partial charge in [0.1, 0.15) is 5.75 Å². The smallest absolute Gasteiger partial charge is 0.118 e. The predicted molar refractivity (Wildman–Crippen MR) is 103 cm³/mol. The van der Waals surface area contributed by atoms with Crippen LogP contribution in [0.15, 0.2) is 48.5 Å². The Balaban J connectivity index is 1.32. The number of nitrogens with one attached hydrogen (secondary N) is 1. The van der Waals surface area contributed by atoms with E-state index in [9.17, 15) is 5.11 Å². The molecule has 0 radical (unpaired) electrons. The summed E-state index contributed by atoms with van der Waals surface area (Å²) in [6.07, 6.45) is 0. The summed E-state index contributed by atoms with van der Waals surface area (Å²) in [5.74, 6) is 0.372. The van der Waals surface area contributed by atoms with Crippen LogP contribution in [0.5, 0.6) is 5.75 Å². The van der Waals surface area contributed by atoms with Gasteiger partial charge in [-0.1, -0.05) is 42.5 Å². The number of rotatable bonds is 7. The number of aromatic hydroxyl groups is 1. The lowest BCUT2D eigenvalue weighted by Gasteiger charge is -2.34. The van der Waals surface area contributed by atoms with E-state index in [1.54, 1.807) is 6.07 Å². The van der Waals surface area contributed by atoms with Gasteiger partial charge in [-0.15, -0.1) is 0 Å². The van der Waals surface area contributed by atoms with Crippen LogP contribution in [0.3, 0.4) is 0 Å². The molecule has 2 N–H and O–H groups in total. The average Bonchev–Trinajstić information content (AvgIpc) is 2.64. The van der Waals surface area contributed by atoms with Gasteiger partial charge in [0, 0.05) is 52.4 Å². The zero-order chi connectivity index (χ0) is 17.5. The summed E-state index contributed by atoms with van der Waals surface area (Å²) in [5.41, 5.74) is 3.57. The van der Waals surface area contributed by atoms with E-state index >= 15 is 0 Å². The number of phenols is 1. The predicted octanol–water partition coefficient (Wildman–Crippen LogP) is 2.61. The maximum atomic E-state index is 9.57. The summed E-state index contributed by atoms with van der Waals surface area (Å²) in [5, 5.41) is 13.1. The highest BCUT2D eigenvalue weighted by molar-refractivity contribution is 5.34. The highest BCUT2D eigenvalue weighted by Crippen LogP contribution is 2.16. The lowest BCUT2D eigenvalue weighted by molar-refractivity contribution is 0.127. The van der Waals surface area contributed by atoms with Crippen LogP contribution in [-0.4, -0.2) is 54.2 Å². The third-order valence-electron chi connectivity index (χ3n) is 4.91. The number of piperazine rings is 1.